The molecule has 2 saturated carbocycles. The quantitative estimate of drug-likeness (QED) is 0.685. The zero-order chi connectivity index (χ0) is 13.0. The van der Waals surface area contributed by atoms with Gasteiger partial charge in [0.1, 0.15) is 0 Å². The maximum atomic E-state index is 9.87. The van der Waals surface area contributed by atoms with Gasteiger partial charge in [0.05, 0.1) is 25.4 Å². The minimum Gasteiger partial charge on any atom is -0.389 e. The number of aliphatic hydroxyl groups is 1. The van der Waals surface area contributed by atoms with Crippen molar-refractivity contribution in [3.8, 4) is 0 Å². The fourth-order valence-corrected chi connectivity index (χ4v) is 3.40. The molecule has 0 aromatic rings. The summed E-state index contributed by atoms with van der Waals surface area (Å²) in [5.74, 6) is 1.80. The first-order valence-corrected chi connectivity index (χ1v) is 7.21. The van der Waals surface area contributed by atoms with Gasteiger partial charge < -0.3 is 19.9 Å². The van der Waals surface area contributed by atoms with Crippen molar-refractivity contribution in [2.24, 2.45) is 11.8 Å². The summed E-state index contributed by atoms with van der Waals surface area (Å²) in [6.07, 6.45) is 5.13. The van der Waals surface area contributed by atoms with Crippen LogP contribution >= 0.6 is 0 Å². The normalized spacial score (nSPS) is 33.8. The summed E-state index contributed by atoms with van der Waals surface area (Å²) in [7, 11) is 1.66. The maximum Gasteiger partial charge on any atom is 0.0897 e. The first-order valence-electron chi connectivity index (χ1n) is 7.21. The van der Waals surface area contributed by atoms with E-state index < -0.39 is 6.10 Å². The highest BCUT2D eigenvalue weighted by molar-refractivity contribution is 4.94. The molecule has 0 saturated heterocycles. The molecule has 2 bridgehead atoms. The lowest BCUT2D eigenvalue weighted by Gasteiger charge is -2.24. The predicted octanol–water partition coefficient (Wildman–Crippen LogP) is 1.18. The number of methoxy groups -OCH3 is 1. The van der Waals surface area contributed by atoms with Crippen LogP contribution in [0.15, 0.2) is 0 Å². The molecule has 0 radical (unpaired) electrons. The molecule has 18 heavy (non-hydrogen) atoms. The van der Waals surface area contributed by atoms with Crippen molar-refractivity contribution in [2.45, 2.75) is 50.9 Å². The van der Waals surface area contributed by atoms with E-state index in [1.807, 2.05) is 6.92 Å². The number of aliphatic hydroxyl groups excluding tert-OH is 1. The largest absolute Gasteiger partial charge is 0.389 e. The van der Waals surface area contributed by atoms with Crippen LogP contribution in [0.2, 0.25) is 0 Å². The highest BCUT2D eigenvalue weighted by Crippen LogP contribution is 2.44. The fraction of sp³-hybridized carbons (Fsp3) is 1.00. The Hall–Kier alpha value is -0.160. The van der Waals surface area contributed by atoms with Gasteiger partial charge >= 0.3 is 0 Å². The van der Waals surface area contributed by atoms with E-state index in [2.05, 4.69) is 5.32 Å². The van der Waals surface area contributed by atoms with Crippen molar-refractivity contribution in [1.29, 1.82) is 0 Å². The number of rotatable bonds is 8. The van der Waals surface area contributed by atoms with Crippen molar-refractivity contribution in [3.05, 3.63) is 0 Å². The number of ether oxygens (including phenoxy) is 2. The third-order valence-electron chi connectivity index (χ3n) is 4.33. The van der Waals surface area contributed by atoms with Gasteiger partial charge in [-0.05, 0) is 38.0 Å². The highest BCUT2D eigenvalue weighted by Gasteiger charge is 2.39. The van der Waals surface area contributed by atoms with Gasteiger partial charge in [0.2, 0.25) is 0 Å². The van der Waals surface area contributed by atoms with E-state index in [0.717, 1.165) is 11.8 Å². The standard InChI is InChI=1S/C14H27NO3/c1-10(8-17-2)18-9-13(16)7-15-14-6-11-3-4-12(14)5-11/h10-16H,3-9H2,1-2H3. The van der Waals surface area contributed by atoms with Crippen molar-refractivity contribution in [3.63, 3.8) is 0 Å². The molecule has 0 amide bonds. The summed E-state index contributed by atoms with van der Waals surface area (Å²) >= 11 is 0. The van der Waals surface area contributed by atoms with Crippen molar-refractivity contribution < 1.29 is 14.6 Å². The predicted molar refractivity (Wildman–Crippen MR) is 70.5 cm³/mol. The molecule has 4 heteroatoms. The zero-order valence-corrected chi connectivity index (χ0v) is 11.6. The summed E-state index contributed by atoms with van der Waals surface area (Å²) in [6, 6.07) is 0.634. The fourth-order valence-electron chi connectivity index (χ4n) is 3.40. The van der Waals surface area contributed by atoms with Gasteiger partial charge in [-0.2, -0.15) is 0 Å². The molecule has 0 aliphatic heterocycles. The summed E-state index contributed by atoms with van der Waals surface area (Å²) in [5, 5.41) is 13.4. The van der Waals surface area contributed by atoms with E-state index in [4.69, 9.17) is 9.47 Å². The first-order chi connectivity index (χ1) is 8.69. The SMILES string of the molecule is COCC(C)OCC(O)CNC1CC2CCC1C2. The van der Waals surface area contributed by atoms with Crippen LogP contribution in [0.25, 0.3) is 0 Å². The lowest BCUT2D eigenvalue weighted by molar-refractivity contribution is -0.0319. The van der Waals surface area contributed by atoms with Gasteiger partial charge in [-0.3, -0.25) is 0 Å². The van der Waals surface area contributed by atoms with Crippen LogP contribution in [0.5, 0.6) is 0 Å². The molecule has 2 rings (SSSR count). The number of hydrogen-bond donors (Lipinski definition) is 2. The molecule has 2 aliphatic rings. The molecule has 2 aliphatic carbocycles. The van der Waals surface area contributed by atoms with E-state index >= 15 is 0 Å². The summed E-state index contributed by atoms with van der Waals surface area (Å²) < 4.78 is 10.5. The van der Waals surface area contributed by atoms with Gasteiger partial charge in [0.25, 0.3) is 0 Å². The lowest BCUT2D eigenvalue weighted by atomic mass is 9.95. The molecule has 2 fully saturated rings. The molecule has 0 heterocycles. The zero-order valence-electron chi connectivity index (χ0n) is 11.6. The molecule has 5 atom stereocenters. The van der Waals surface area contributed by atoms with Crippen LogP contribution in [-0.4, -0.2) is 50.2 Å². The molecular formula is C14H27NO3. The molecule has 0 aromatic carbocycles. The average Bonchev–Trinajstić information content (AvgIpc) is 2.96. The van der Waals surface area contributed by atoms with Crippen LogP contribution < -0.4 is 5.32 Å². The van der Waals surface area contributed by atoms with Crippen molar-refractivity contribution in [2.75, 3.05) is 26.9 Å². The summed E-state index contributed by atoms with van der Waals surface area (Å²) in [4.78, 5) is 0. The number of nitrogens with one attached hydrogen (secondary N) is 1. The maximum absolute atomic E-state index is 9.87. The van der Waals surface area contributed by atoms with Crippen LogP contribution in [0.3, 0.4) is 0 Å². The Morgan fingerprint density at radius 2 is 2.11 bits per heavy atom. The molecular weight excluding hydrogens is 230 g/mol. The smallest absolute Gasteiger partial charge is 0.0897 e. The molecule has 2 N–H and O–H groups in total. The Labute approximate surface area is 110 Å². The van der Waals surface area contributed by atoms with Crippen LogP contribution in [0.4, 0.5) is 0 Å². The molecule has 5 unspecified atom stereocenters. The average molecular weight is 257 g/mol. The number of hydrogen-bond acceptors (Lipinski definition) is 4. The highest BCUT2D eigenvalue weighted by atomic mass is 16.5. The molecule has 106 valence electrons. The van der Waals surface area contributed by atoms with Crippen molar-refractivity contribution >= 4 is 0 Å². The second-order valence-corrected chi connectivity index (χ2v) is 5.94. The summed E-state index contributed by atoms with van der Waals surface area (Å²) in [5.41, 5.74) is 0. The molecule has 4 nitrogen and oxygen atoms in total. The minimum absolute atomic E-state index is 0.0483. The van der Waals surface area contributed by atoms with Gasteiger partial charge in [-0.15, -0.1) is 0 Å². The third kappa shape index (κ3) is 3.92. The van der Waals surface area contributed by atoms with E-state index in [1.165, 1.54) is 25.7 Å². The second-order valence-electron chi connectivity index (χ2n) is 5.94. The van der Waals surface area contributed by atoms with Crippen molar-refractivity contribution in [1.82, 2.24) is 5.32 Å². The first kappa shape index (κ1) is 14.3. The monoisotopic (exact) mass is 257 g/mol. The topological polar surface area (TPSA) is 50.7 Å². The Bertz CT molecular complexity index is 249. The van der Waals surface area contributed by atoms with E-state index in [-0.39, 0.29) is 6.10 Å². The van der Waals surface area contributed by atoms with Crippen LogP contribution in [0.1, 0.15) is 32.6 Å². The van der Waals surface area contributed by atoms with Gasteiger partial charge in [-0.1, -0.05) is 6.42 Å². The van der Waals surface area contributed by atoms with Gasteiger partial charge in [0, 0.05) is 19.7 Å². The van der Waals surface area contributed by atoms with E-state index in [0.29, 0.717) is 25.8 Å². The lowest BCUT2D eigenvalue weighted by Crippen LogP contribution is -2.40. The molecule has 0 aromatic heterocycles. The second kappa shape index (κ2) is 6.85. The molecule has 0 spiro atoms. The minimum atomic E-state index is -0.413. The van der Waals surface area contributed by atoms with E-state index in [9.17, 15) is 5.11 Å². The summed E-state index contributed by atoms with van der Waals surface area (Å²) in [6.45, 7) is 3.57. The Balaban J connectivity index is 1.56. The van der Waals surface area contributed by atoms with Gasteiger partial charge in [-0.25, -0.2) is 0 Å². The number of fused-ring (bicyclic) bond motifs is 2. The Morgan fingerprint density at radius 3 is 2.72 bits per heavy atom. The van der Waals surface area contributed by atoms with Crippen LogP contribution in [-0.2, 0) is 9.47 Å². The van der Waals surface area contributed by atoms with E-state index in [1.54, 1.807) is 7.11 Å². The Kier molecular flexibility index (Phi) is 5.42. The Morgan fingerprint density at radius 1 is 1.28 bits per heavy atom. The third-order valence-corrected chi connectivity index (χ3v) is 4.33. The van der Waals surface area contributed by atoms with Gasteiger partial charge in [0.15, 0.2) is 0 Å². The van der Waals surface area contributed by atoms with Crippen LogP contribution in [0, 0.1) is 11.8 Å².